The number of ether oxygens (including phenoxy) is 1. The fourth-order valence-electron chi connectivity index (χ4n) is 3.15. The standard InChI is InChI=1S/C17H20N6O5/c1-22-6-11(18-20-22)9-3-2-4-10(5-9)12-7-23(21-19-12)17-16(27)15(26)14(25)13(8-24)28-17/h2-7,13-17,24-27H,8H2,1H3/t13-,14-,15+,16+,17+/m1/s1. The molecule has 0 amide bonds. The summed E-state index contributed by atoms with van der Waals surface area (Å²) >= 11 is 0. The molecule has 1 saturated heterocycles. The third-order valence-electron chi connectivity index (χ3n) is 4.69. The van der Waals surface area contributed by atoms with Gasteiger partial charge in [-0.15, -0.1) is 10.2 Å². The molecular weight excluding hydrogens is 368 g/mol. The number of nitrogens with zero attached hydrogens (tertiary/aromatic N) is 6. The second-order valence-corrected chi connectivity index (χ2v) is 6.66. The van der Waals surface area contributed by atoms with Crippen molar-refractivity contribution in [2.24, 2.45) is 7.05 Å². The zero-order chi connectivity index (χ0) is 19.8. The molecule has 3 aromatic rings. The molecule has 28 heavy (non-hydrogen) atoms. The van der Waals surface area contributed by atoms with Gasteiger partial charge in [-0.25, -0.2) is 4.68 Å². The molecule has 0 saturated carbocycles. The molecule has 5 atom stereocenters. The van der Waals surface area contributed by atoms with Crippen LogP contribution in [0.2, 0.25) is 0 Å². The first kappa shape index (κ1) is 18.7. The molecule has 1 aromatic carbocycles. The van der Waals surface area contributed by atoms with Crippen molar-refractivity contribution in [2.45, 2.75) is 30.6 Å². The summed E-state index contributed by atoms with van der Waals surface area (Å²) in [6.07, 6.45) is -3.10. The first-order chi connectivity index (χ1) is 13.5. The number of benzene rings is 1. The van der Waals surface area contributed by atoms with Gasteiger partial charge in [-0.3, -0.25) is 4.68 Å². The maximum Gasteiger partial charge on any atom is 0.180 e. The summed E-state index contributed by atoms with van der Waals surface area (Å²) in [7, 11) is 1.78. The molecule has 11 nitrogen and oxygen atoms in total. The maximum atomic E-state index is 10.2. The van der Waals surface area contributed by atoms with Gasteiger partial charge in [0.25, 0.3) is 0 Å². The summed E-state index contributed by atoms with van der Waals surface area (Å²) in [6.45, 7) is -0.511. The van der Waals surface area contributed by atoms with Crippen molar-refractivity contribution in [3.05, 3.63) is 36.7 Å². The predicted molar refractivity (Wildman–Crippen MR) is 94.5 cm³/mol. The molecule has 3 heterocycles. The van der Waals surface area contributed by atoms with E-state index in [2.05, 4.69) is 20.6 Å². The van der Waals surface area contributed by atoms with Gasteiger partial charge in [0.2, 0.25) is 0 Å². The lowest BCUT2D eigenvalue weighted by Crippen LogP contribution is -2.56. The van der Waals surface area contributed by atoms with E-state index in [1.165, 1.54) is 4.68 Å². The van der Waals surface area contributed by atoms with E-state index >= 15 is 0 Å². The zero-order valence-corrected chi connectivity index (χ0v) is 14.9. The summed E-state index contributed by atoms with van der Waals surface area (Å²) in [5.74, 6) is 0. The molecule has 0 spiro atoms. The van der Waals surface area contributed by atoms with E-state index in [9.17, 15) is 20.4 Å². The van der Waals surface area contributed by atoms with E-state index in [0.717, 1.165) is 11.1 Å². The van der Waals surface area contributed by atoms with Gasteiger partial charge in [0, 0.05) is 18.2 Å². The van der Waals surface area contributed by atoms with Crippen LogP contribution in [0.1, 0.15) is 6.23 Å². The summed E-state index contributed by atoms with van der Waals surface area (Å²) < 4.78 is 8.36. The topological polar surface area (TPSA) is 152 Å². The Morgan fingerprint density at radius 3 is 2.29 bits per heavy atom. The van der Waals surface area contributed by atoms with Crippen molar-refractivity contribution < 1.29 is 25.2 Å². The summed E-state index contributed by atoms with van der Waals surface area (Å²) in [6, 6.07) is 7.48. The molecule has 4 rings (SSSR count). The quantitative estimate of drug-likeness (QED) is 0.428. The lowest BCUT2D eigenvalue weighted by molar-refractivity contribution is -0.254. The minimum absolute atomic E-state index is 0.511. The Kier molecular flexibility index (Phi) is 4.91. The number of hydrogen-bond acceptors (Lipinski definition) is 9. The first-order valence-electron chi connectivity index (χ1n) is 8.67. The fourth-order valence-corrected chi connectivity index (χ4v) is 3.15. The third-order valence-corrected chi connectivity index (χ3v) is 4.69. The van der Waals surface area contributed by atoms with Gasteiger partial charge in [0.1, 0.15) is 35.8 Å². The molecule has 0 bridgehead atoms. The van der Waals surface area contributed by atoms with E-state index in [4.69, 9.17) is 4.74 Å². The Morgan fingerprint density at radius 1 is 0.964 bits per heavy atom. The number of aromatic nitrogens is 6. The van der Waals surface area contributed by atoms with E-state index in [1.807, 2.05) is 24.3 Å². The highest BCUT2D eigenvalue weighted by atomic mass is 16.6. The summed E-state index contributed by atoms with van der Waals surface area (Å²) in [5, 5.41) is 55.5. The highest BCUT2D eigenvalue weighted by Gasteiger charge is 2.44. The number of rotatable bonds is 4. The maximum absolute atomic E-state index is 10.2. The van der Waals surface area contributed by atoms with Crippen LogP contribution in [0.25, 0.3) is 22.5 Å². The predicted octanol–water partition coefficient (Wildman–Crippen LogP) is -1.29. The number of aryl methyl sites for hydroxylation is 1. The summed E-state index contributed by atoms with van der Waals surface area (Å²) in [4.78, 5) is 0. The Morgan fingerprint density at radius 2 is 1.64 bits per heavy atom. The van der Waals surface area contributed by atoms with Gasteiger partial charge in [-0.1, -0.05) is 28.6 Å². The molecule has 148 valence electrons. The van der Waals surface area contributed by atoms with E-state index in [0.29, 0.717) is 11.4 Å². The van der Waals surface area contributed by atoms with Gasteiger partial charge in [-0.05, 0) is 6.07 Å². The zero-order valence-electron chi connectivity index (χ0n) is 14.9. The van der Waals surface area contributed by atoms with Crippen molar-refractivity contribution in [3.63, 3.8) is 0 Å². The minimum atomic E-state index is -1.48. The summed E-state index contributed by atoms with van der Waals surface area (Å²) in [5.41, 5.74) is 2.85. The smallest absolute Gasteiger partial charge is 0.180 e. The number of hydrogen-bond donors (Lipinski definition) is 4. The average Bonchev–Trinajstić information content (AvgIpc) is 3.36. The molecule has 1 fully saturated rings. The molecule has 1 aliphatic rings. The highest BCUT2D eigenvalue weighted by Crippen LogP contribution is 2.29. The first-order valence-corrected chi connectivity index (χ1v) is 8.67. The Bertz CT molecular complexity index is 957. The molecule has 4 N–H and O–H groups in total. The van der Waals surface area contributed by atoms with Crippen molar-refractivity contribution in [2.75, 3.05) is 6.61 Å². The lowest BCUT2D eigenvalue weighted by Gasteiger charge is -2.39. The van der Waals surface area contributed by atoms with Crippen LogP contribution in [0.4, 0.5) is 0 Å². The van der Waals surface area contributed by atoms with E-state index < -0.39 is 37.3 Å². The van der Waals surface area contributed by atoms with Gasteiger partial charge in [0.15, 0.2) is 6.23 Å². The fraction of sp³-hybridized carbons (Fsp3) is 0.412. The second kappa shape index (κ2) is 7.37. The second-order valence-electron chi connectivity index (χ2n) is 6.66. The minimum Gasteiger partial charge on any atom is -0.394 e. The molecule has 0 aliphatic carbocycles. The SMILES string of the molecule is Cn1cc(-c2cccc(-c3cn([C@H]4O[C@H](CO)[C@@H](O)[C@H](O)[C@@H]4O)nn3)c2)nn1. The van der Waals surface area contributed by atoms with Crippen LogP contribution in [-0.4, -0.2) is 81.4 Å². The number of aliphatic hydroxyl groups is 4. The van der Waals surface area contributed by atoms with Crippen molar-refractivity contribution in [1.29, 1.82) is 0 Å². The number of aliphatic hydroxyl groups excluding tert-OH is 4. The molecule has 0 unspecified atom stereocenters. The highest BCUT2D eigenvalue weighted by molar-refractivity contribution is 5.68. The monoisotopic (exact) mass is 388 g/mol. The Hall–Kier alpha value is -2.70. The van der Waals surface area contributed by atoms with Gasteiger partial charge < -0.3 is 25.2 Å². The average molecular weight is 388 g/mol. The van der Waals surface area contributed by atoms with Crippen LogP contribution < -0.4 is 0 Å². The van der Waals surface area contributed by atoms with Crippen LogP contribution in [0, 0.1) is 0 Å². The normalized spacial score (nSPS) is 27.8. The molecular formula is C17H20N6O5. The van der Waals surface area contributed by atoms with Crippen LogP contribution >= 0.6 is 0 Å². The van der Waals surface area contributed by atoms with Crippen LogP contribution in [0.15, 0.2) is 36.7 Å². The van der Waals surface area contributed by atoms with Crippen molar-refractivity contribution in [3.8, 4) is 22.5 Å². The van der Waals surface area contributed by atoms with Gasteiger partial charge >= 0.3 is 0 Å². The van der Waals surface area contributed by atoms with Crippen molar-refractivity contribution >= 4 is 0 Å². The molecule has 0 radical (unpaired) electrons. The van der Waals surface area contributed by atoms with E-state index in [1.54, 1.807) is 24.1 Å². The molecule has 1 aliphatic heterocycles. The third kappa shape index (κ3) is 3.30. The van der Waals surface area contributed by atoms with Gasteiger partial charge in [-0.2, -0.15) is 0 Å². The largest absolute Gasteiger partial charge is 0.394 e. The van der Waals surface area contributed by atoms with Crippen LogP contribution in [0.5, 0.6) is 0 Å². The van der Waals surface area contributed by atoms with Crippen LogP contribution in [0.3, 0.4) is 0 Å². The molecule has 11 heteroatoms. The van der Waals surface area contributed by atoms with E-state index in [-0.39, 0.29) is 0 Å². The van der Waals surface area contributed by atoms with Crippen LogP contribution in [-0.2, 0) is 11.8 Å². The van der Waals surface area contributed by atoms with Crippen molar-refractivity contribution in [1.82, 2.24) is 30.0 Å². The Labute approximate surface area is 159 Å². The Balaban J connectivity index is 1.61. The molecule has 2 aromatic heterocycles. The van der Waals surface area contributed by atoms with Gasteiger partial charge in [0.05, 0.1) is 19.0 Å². The lowest BCUT2D eigenvalue weighted by atomic mass is 9.98.